The molecule has 3 heteroatoms. The molecule has 0 aliphatic rings. The van der Waals surface area contributed by atoms with E-state index in [9.17, 15) is 9.90 Å². The van der Waals surface area contributed by atoms with Crippen molar-refractivity contribution in [2.75, 3.05) is 19.6 Å². The minimum Gasteiger partial charge on any atom is -0.550 e. The van der Waals surface area contributed by atoms with Gasteiger partial charge < -0.3 is 9.90 Å². The van der Waals surface area contributed by atoms with Crippen molar-refractivity contribution in [3.05, 3.63) is 30.3 Å². The summed E-state index contributed by atoms with van der Waals surface area (Å²) in [5.41, 5.74) is 1.44. The summed E-state index contributed by atoms with van der Waals surface area (Å²) in [7, 11) is 0. The van der Waals surface area contributed by atoms with Gasteiger partial charge >= 0.3 is 0 Å². The number of carboxylic acid groups (broad SMARTS) is 1. The number of hydrogen-bond acceptors (Lipinski definition) is 2. The molecule has 1 aromatic carbocycles. The van der Waals surface area contributed by atoms with Gasteiger partial charge in [-0.05, 0) is 39.3 Å². The first kappa shape index (κ1) is 16.6. The third-order valence-corrected chi connectivity index (χ3v) is 3.41. The van der Waals surface area contributed by atoms with Crippen LogP contribution in [0.5, 0.6) is 0 Å². The lowest BCUT2D eigenvalue weighted by Crippen LogP contribution is -2.48. The van der Waals surface area contributed by atoms with Gasteiger partial charge in [0.1, 0.15) is 5.69 Å². The van der Waals surface area contributed by atoms with Crippen LogP contribution in [0.3, 0.4) is 0 Å². The van der Waals surface area contributed by atoms with E-state index in [2.05, 4.69) is 51.1 Å². The van der Waals surface area contributed by atoms with Crippen LogP contribution in [0.2, 0.25) is 0 Å². The van der Waals surface area contributed by atoms with Crippen LogP contribution in [0, 0.1) is 0 Å². The Labute approximate surface area is 111 Å². The van der Waals surface area contributed by atoms with E-state index in [1.807, 2.05) is 0 Å². The number of nitrogens with zero attached hydrogens (tertiary/aromatic N) is 1. The van der Waals surface area contributed by atoms with Crippen molar-refractivity contribution in [1.29, 1.82) is 0 Å². The van der Waals surface area contributed by atoms with E-state index >= 15 is 0 Å². The predicted molar refractivity (Wildman–Crippen MR) is 75.2 cm³/mol. The summed E-state index contributed by atoms with van der Waals surface area (Å²) in [5.74, 6) is -0.995. The molecule has 1 rings (SSSR count). The fourth-order valence-corrected chi connectivity index (χ4v) is 1.96. The van der Waals surface area contributed by atoms with Gasteiger partial charge in [-0.2, -0.15) is 0 Å². The second-order valence-corrected chi connectivity index (χ2v) is 4.15. The molecule has 0 aliphatic carbocycles. The minimum atomic E-state index is -0.995. The molecule has 0 unspecified atom stereocenters. The van der Waals surface area contributed by atoms with Gasteiger partial charge in [-0.3, -0.25) is 4.48 Å². The van der Waals surface area contributed by atoms with Gasteiger partial charge in [0.15, 0.2) is 0 Å². The highest BCUT2D eigenvalue weighted by molar-refractivity contribution is 5.63. The molecular formula is C15H25NO2. The molecule has 0 spiro atoms. The highest BCUT2D eigenvalue weighted by Gasteiger charge is 2.23. The average molecular weight is 251 g/mol. The molecule has 1 aromatic rings. The summed E-state index contributed by atoms with van der Waals surface area (Å²) in [4.78, 5) is 9.26. The van der Waals surface area contributed by atoms with E-state index in [-0.39, 0.29) is 6.42 Å². The molecule has 0 fully saturated rings. The third-order valence-electron chi connectivity index (χ3n) is 3.41. The molecule has 0 amide bonds. The van der Waals surface area contributed by atoms with Crippen LogP contribution in [0.25, 0.3) is 0 Å². The van der Waals surface area contributed by atoms with Crippen LogP contribution < -0.4 is 9.59 Å². The first-order valence-corrected chi connectivity index (χ1v) is 6.67. The van der Waals surface area contributed by atoms with Crippen molar-refractivity contribution in [2.24, 2.45) is 0 Å². The largest absolute Gasteiger partial charge is 0.550 e. The SMILES string of the molecule is CCC(=O)[O-].CC[N+](CC)(CC)c1ccccc1. The number of carbonyl (C=O) groups is 1. The molecule has 0 heterocycles. The molecule has 102 valence electrons. The second kappa shape index (κ2) is 8.70. The molecule has 0 saturated heterocycles. The van der Waals surface area contributed by atoms with Gasteiger partial charge in [0.25, 0.3) is 0 Å². The number of aliphatic carboxylic acids is 1. The van der Waals surface area contributed by atoms with E-state index in [1.54, 1.807) is 0 Å². The van der Waals surface area contributed by atoms with Gasteiger partial charge in [-0.15, -0.1) is 0 Å². The van der Waals surface area contributed by atoms with Crippen LogP contribution in [-0.4, -0.2) is 25.6 Å². The van der Waals surface area contributed by atoms with Gasteiger partial charge in [-0.1, -0.05) is 25.1 Å². The normalized spacial score (nSPS) is 10.4. The number of para-hydroxylation sites is 1. The number of rotatable bonds is 5. The van der Waals surface area contributed by atoms with E-state index in [0.29, 0.717) is 0 Å². The highest BCUT2D eigenvalue weighted by Crippen LogP contribution is 2.21. The topological polar surface area (TPSA) is 40.1 Å². The summed E-state index contributed by atoms with van der Waals surface area (Å²) in [5, 5.41) is 9.26. The first-order valence-electron chi connectivity index (χ1n) is 6.67. The molecule has 0 radical (unpaired) electrons. The standard InChI is InChI=1S/C12H20N.C3H6O2/c1-4-13(5-2,6-3)12-10-8-7-9-11-12;1-2-3(4)5/h7-11H,4-6H2,1-3H3;2H2,1H3,(H,4,5)/q+1;/p-1. The number of hydrogen-bond donors (Lipinski definition) is 0. The molecule has 0 aliphatic heterocycles. The molecule has 0 N–H and O–H groups in total. The fraction of sp³-hybridized carbons (Fsp3) is 0.533. The molecule has 0 saturated carbocycles. The van der Waals surface area contributed by atoms with Crippen LogP contribution in [0.15, 0.2) is 30.3 Å². The van der Waals surface area contributed by atoms with Gasteiger partial charge in [0.2, 0.25) is 0 Å². The average Bonchev–Trinajstić information content (AvgIpc) is 2.43. The van der Waals surface area contributed by atoms with Crippen molar-refractivity contribution < 1.29 is 9.90 Å². The van der Waals surface area contributed by atoms with Gasteiger partial charge in [-0.25, -0.2) is 0 Å². The Bertz CT molecular complexity index is 323. The maximum Gasteiger partial charge on any atom is 0.132 e. The van der Waals surface area contributed by atoms with Crippen molar-refractivity contribution >= 4 is 11.7 Å². The second-order valence-electron chi connectivity index (χ2n) is 4.15. The lowest BCUT2D eigenvalue weighted by Gasteiger charge is -2.35. The lowest BCUT2D eigenvalue weighted by atomic mass is 10.2. The Morgan fingerprint density at radius 3 is 1.67 bits per heavy atom. The van der Waals surface area contributed by atoms with Crippen LogP contribution in [-0.2, 0) is 4.79 Å². The smallest absolute Gasteiger partial charge is 0.132 e. The Morgan fingerprint density at radius 2 is 1.39 bits per heavy atom. The Morgan fingerprint density at radius 1 is 1.00 bits per heavy atom. The Kier molecular flexibility index (Phi) is 8.05. The number of carbonyl (C=O) groups excluding carboxylic acids is 1. The fourth-order valence-electron chi connectivity index (χ4n) is 1.96. The van der Waals surface area contributed by atoms with Crippen LogP contribution >= 0.6 is 0 Å². The molecule has 3 nitrogen and oxygen atoms in total. The van der Waals surface area contributed by atoms with Crippen molar-refractivity contribution in [3.8, 4) is 0 Å². The molecule has 18 heavy (non-hydrogen) atoms. The summed E-state index contributed by atoms with van der Waals surface area (Å²) in [6, 6.07) is 10.8. The maximum atomic E-state index is 9.26. The number of quaternary nitrogens is 1. The first-order chi connectivity index (χ1) is 8.56. The lowest BCUT2D eigenvalue weighted by molar-refractivity contribution is -0.305. The highest BCUT2D eigenvalue weighted by atomic mass is 16.4. The Balaban J connectivity index is 0.000000494. The summed E-state index contributed by atoms with van der Waals surface area (Å²) < 4.78 is 1.10. The third kappa shape index (κ3) is 4.88. The zero-order valence-electron chi connectivity index (χ0n) is 12.0. The van der Waals surface area contributed by atoms with Crippen LogP contribution in [0.1, 0.15) is 34.1 Å². The van der Waals surface area contributed by atoms with Crippen molar-refractivity contribution in [3.63, 3.8) is 0 Å². The van der Waals surface area contributed by atoms with Gasteiger partial charge in [0.05, 0.1) is 19.6 Å². The van der Waals surface area contributed by atoms with Gasteiger partial charge in [0, 0.05) is 5.97 Å². The van der Waals surface area contributed by atoms with E-state index in [0.717, 1.165) is 4.48 Å². The van der Waals surface area contributed by atoms with Crippen molar-refractivity contribution in [1.82, 2.24) is 4.48 Å². The summed E-state index contributed by atoms with van der Waals surface area (Å²) in [6.45, 7) is 11.9. The predicted octanol–water partition coefficient (Wildman–Crippen LogP) is 2.20. The van der Waals surface area contributed by atoms with E-state index < -0.39 is 5.97 Å². The molecule has 0 atom stereocenters. The molecule has 0 bridgehead atoms. The zero-order valence-corrected chi connectivity index (χ0v) is 12.0. The van der Waals surface area contributed by atoms with E-state index in [1.165, 1.54) is 32.2 Å². The summed E-state index contributed by atoms with van der Waals surface area (Å²) >= 11 is 0. The molecule has 0 aromatic heterocycles. The van der Waals surface area contributed by atoms with E-state index in [4.69, 9.17) is 0 Å². The molecular weight excluding hydrogens is 226 g/mol. The number of carboxylic acids is 1. The monoisotopic (exact) mass is 251 g/mol. The van der Waals surface area contributed by atoms with Crippen LogP contribution in [0.4, 0.5) is 5.69 Å². The summed E-state index contributed by atoms with van der Waals surface area (Å²) in [6.07, 6.45) is 0.111. The quantitative estimate of drug-likeness (QED) is 0.753. The zero-order chi connectivity index (χ0) is 14.0. The maximum absolute atomic E-state index is 9.26. The number of benzene rings is 1. The Hall–Kier alpha value is -1.35. The van der Waals surface area contributed by atoms with Crippen molar-refractivity contribution in [2.45, 2.75) is 34.1 Å². The minimum absolute atomic E-state index is 0.111.